The maximum Gasteiger partial charge on any atom is 0.0625 e. The van der Waals surface area contributed by atoms with Crippen molar-refractivity contribution in [2.75, 3.05) is 6.61 Å². The summed E-state index contributed by atoms with van der Waals surface area (Å²) in [6.45, 7) is -0.00463. The number of halogens is 1. The van der Waals surface area contributed by atoms with Gasteiger partial charge in [0.2, 0.25) is 0 Å². The Morgan fingerprint density at radius 3 is 2.80 bits per heavy atom. The summed E-state index contributed by atoms with van der Waals surface area (Å²) in [5, 5.41) is 12.6. The van der Waals surface area contributed by atoms with Gasteiger partial charge >= 0.3 is 0 Å². The van der Waals surface area contributed by atoms with E-state index in [9.17, 15) is 0 Å². The SMILES string of the molecule is N[C@H](CO)c1cscc1Br. The molecule has 1 aromatic heterocycles. The fourth-order valence-electron chi connectivity index (χ4n) is 0.654. The predicted octanol–water partition coefficient (Wildman–Crippen LogP) is 1.50. The van der Waals surface area contributed by atoms with Gasteiger partial charge in [-0.15, -0.1) is 0 Å². The molecule has 0 unspecified atom stereocenters. The van der Waals surface area contributed by atoms with E-state index in [-0.39, 0.29) is 12.6 Å². The van der Waals surface area contributed by atoms with E-state index in [4.69, 9.17) is 10.8 Å². The Bertz CT molecular complexity index is 213. The highest BCUT2D eigenvalue weighted by molar-refractivity contribution is 9.10. The highest BCUT2D eigenvalue weighted by Crippen LogP contribution is 2.25. The highest BCUT2D eigenvalue weighted by Gasteiger charge is 2.08. The molecule has 0 aromatic carbocycles. The molecule has 0 spiro atoms. The van der Waals surface area contributed by atoms with Crippen molar-refractivity contribution in [1.29, 1.82) is 0 Å². The lowest BCUT2D eigenvalue weighted by atomic mass is 10.2. The molecule has 0 amide bonds. The molecule has 2 nitrogen and oxygen atoms in total. The molecule has 10 heavy (non-hydrogen) atoms. The molecular weight excluding hydrogens is 214 g/mol. The highest BCUT2D eigenvalue weighted by atomic mass is 79.9. The Labute approximate surface area is 71.8 Å². The van der Waals surface area contributed by atoms with Gasteiger partial charge in [0.05, 0.1) is 12.6 Å². The lowest BCUT2D eigenvalue weighted by Gasteiger charge is -2.04. The maximum atomic E-state index is 8.69. The van der Waals surface area contributed by atoms with E-state index >= 15 is 0 Å². The van der Waals surface area contributed by atoms with Crippen molar-refractivity contribution in [3.63, 3.8) is 0 Å². The Balaban J connectivity index is 2.82. The van der Waals surface area contributed by atoms with Gasteiger partial charge in [0.15, 0.2) is 0 Å². The molecule has 0 aliphatic rings. The van der Waals surface area contributed by atoms with Crippen LogP contribution in [0.3, 0.4) is 0 Å². The van der Waals surface area contributed by atoms with Gasteiger partial charge in [-0.2, -0.15) is 11.3 Å². The summed E-state index contributed by atoms with van der Waals surface area (Å²) in [4.78, 5) is 0. The van der Waals surface area contributed by atoms with Crippen molar-refractivity contribution in [2.24, 2.45) is 5.73 Å². The molecule has 1 aromatic rings. The summed E-state index contributed by atoms with van der Waals surface area (Å²) in [5.74, 6) is 0. The second kappa shape index (κ2) is 3.48. The molecule has 3 N–H and O–H groups in total. The first-order valence-corrected chi connectivity index (χ1v) is 4.57. The van der Waals surface area contributed by atoms with Crippen molar-refractivity contribution in [1.82, 2.24) is 0 Å². The van der Waals surface area contributed by atoms with Gasteiger partial charge in [0.1, 0.15) is 0 Å². The topological polar surface area (TPSA) is 46.2 Å². The van der Waals surface area contributed by atoms with E-state index in [1.54, 1.807) is 11.3 Å². The van der Waals surface area contributed by atoms with Crippen LogP contribution >= 0.6 is 27.3 Å². The van der Waals surface area contributed by atoms with Crippen LogP contribution in [0, 0.1) is 0 Å². The van der Waals surface area contributed by atoms with Gasteiger partial charge in [-0.3, -0.25) is 0 Å². The number of nitrogens with two attached hydrogens (primary N) is 1. The smallest absolute Gasteiger partial charge is 0.0625 e. The maximum absolute atomic E-state index is 8.69. The van der Waals surface area contributed by atoms with E-state index in [0.29, 0.717) is 0 Å². The quantitative estimate of drug-likeness (QED) is 0.796. The van der Waals surface area contributed by atoms with Gasteiger partial charge in [-0.25, -0.2) is 0 Å². The summed E-state index contributed by atoms with van der Waals surface area (Å²) in [6.07, 6.45) is 0. The largest absolute Gasteiger partial charge is 0.394 e. The van der Waals surface area contributed by atoms with Crippen molar-refractivity contribution in [3.8, 4) is 0 Å². The van der Waals surface area contributed by atoms with Crippen LogP contribution in [0.5, 0.6) is 0 Å². The van der Waals surface area contributed by atoms with Crippen molar-refractivity contribution >= 4 is 27.3 Å². The molecule has 1 atom stereocenters. The Hall–Kier alpha value is 0.100. The minimum Gasteiger partial charge on any atom is -0.394 e. The summed E-state index contributed by atoms with van der Waals surface area (Å²) in [7, 11) is 0. The van der Waals surface area contributed by atoms with Crippen LogP contribution < -0.4 is 5.73 Å². The molecule has 0 fully saturated rings. The molecule has 1 heterocycles. The van der Waals surface area contributed by atoms with E-state index < -0.39 is 0 Å². The van der Waals surface area contributed by atoms with Gasteiger partial charge in [-0.05, 0) is 26.9 Å². The Morgan fingerprint density at radius 1 is 1.70 bits per heavy atom. The van der Waals surface area contributed by atoms with Crippen LogP contribution in [0.2, 0.25) is 0 Å². The van der Waals surface area contributed by atoms with Crippen LogP contribution in [0.25, 0.3) is 0 Å². The van der Waals surface area contributed by atoms with Crippen LogP contribution in [0.4, 0.5) is 0 Å². The molecule has 0 saturated carbocycles. The third-order valence-electron chi connectivity index (χ3n) is 1.24. The van der Waals surface area contributed by atoms with E-state index in [1.165, 1.54) is 0 Å². The van der Waals surface area contributed by atoms with Crippen molar-refractivity contribution in [3.05, 3.63) is 20.8 Å². The second-order valence-corrected chi connectivity index (χ2v) is 3.56. The normalized spacial score (nSPS) is 13.5. The number of aliphatic hydroxyl groups is 1. The molecule has 4 heteroatoms. The zero-order valence-corrected chi connectivity index (χ0v) is 7.65. The van der Waals surface area contributed by atoms with Crippen LogP contribution in [0.15, 0.2) is 15.2 Å². The van der Waals surface area contributed by atoms with Crippen LogP contribution in [-0.4, -0.2) is 11.7 Å². The van der Waals surface area contributed by atoms with Crippen LogP contribution in [-0.2, 0) is 0 Å². The van der Waals surface area contributed by atoms with Gasteiger partial charge in [-0.1, -0.05) is 0 Å². The first-order chi connectivity index (χ1) is 4.75. The summed E-state index contributed by atoms with van der Waals surface area (Å²) in [5.41, 5.74) is 6.55. The lowest BCUT2D eigenvalue weighted by molar-refractivity contribution is 0.268. The molecular formula is C6H8BrNOS. The minimum absolute atomic E-state index is 0.00463. The molecule has 0 bridgehead atoms. The second-order valence-electron chi connectivity index (χ2n) is 1.96. The summed E-state index contributed by atoms with van der Waals surface area (Å²) in [6, 6.07) is -0.249. The fraction of sp³-hybridized carbons (Fsp3) is 0.333. The average molecular weight is 222 g/mol. The minimum atomic E-state index is -0.249. The molecule has 0 aliphatic carbocycles. The molecule has 56 valence electrons. The van der Waals surface area contributed by atoms with E-state index in [0.717, 1.165) is 10.0 Å². The standard InChI is InChI=1S/C6H8BrNOS/c7-5-3-10-2-4(5)6(8)1-9/h2-3,6,9H,1,8H2/t6-/m1/s1. The number of thiophene rings is 1. The zero-order chi connectivity index (χ0) is 7.56. The third kappa shape index (κ3) is 1.58. The van der Waals surface area contributed by atoms with Crippen molar-refractivity contribution < 1.29 is 5.11 Å². The summed E-state index contributed by atoms with van der Waals surface area (Å²) >= 11 is 4.90. The number of hydrogen-bond acceptors (Lipinski definition) is 3. The first kappa shape index (κ1) is 8.20. The number of aliphatic hydroxyl groups excluding tert-OH is 1. The van der Waals surface area contributed by atoms with Gasteiger partial charge in [0.25, 0.3) is 0 Å². The number of rotatable bonds is 2. The van der Waals surface area contributed by atoms with Gasteiger partial charge < -0.3 is 10.8 Å². The van der Waals surface area contributed by atoms with Gasteiger partial charge in [0, 0.05) is 9.85 Å². The Kier molecular flexibility index (Phi) is 2.85. The molecule has 0 aliphatic heterocycles. The first-order valence-electron chi connectivity index (χ1n) is 2.83. The number of hydrogen-bond donors (Lipinski definition) is 2. The van der Waals surface area contributed by atoms with E-state index in [1.807, 2.05) is 10.8 Å². The third-order valence-corrected chi connectivity index (χ3v) is 2.99. The summed E-state index contributed by atoms with van der Waals surface area (Å²) < 4.78 is 0.985. The Morgan fingerprint density at radius 2 is 2.40 bits per heavy atom. The monoisotopic (exact) mass is 221 g/mol. The predicted molar refractivity (Wildman–Crippen MR) is 46.0 cm³/mol. The fourth-order valence-corrected chi connectivity index (χ4v) is 2.31. The van der Waals surface area contributed by atoms with Crippen LogP contribution in [0.1, 0.15) is 11.6 Å². The zero-order valence-electron chi connectivity index (χ0n) is 5.25. The molecule has 0 radical (unpaired) electrons. The molecule has 0 saturated heterocycles. The molecule has 1 rings (SSSR count). The lowest BCUT2D eigenvalue weighted by Crippen LogP contribution is -2.13. The van der Waals surface area contributed by atoms with Crippen molar-refractivity contribution in [2.45, 2.75) is 6.04 Å². The van der Waals surface area contributed by atoms with E-state index in [2.05, 4.69) is 15.9 Å². The average Bonchev–Trinajstić information content (AvgIpc) is 2.34.